The molecule has 0 saturated heterocycles. The highest BCUT2D eigenvalue weighted by Gasteiger charge is 2.38. The number of carbonyl (C=O) groups is 1. The lowest BCUT2D eigenvalue weighted by molar-refractivity contribution is -0.916. The lowest BCUT2D eigenvalue weighted by Crippen LogP contribution is -3.16. The molecule has 1 fully saturated rings. The molecular formula is C20H33ClN3O3S+. The van der Waals surface area contributed by atoms with Crippen LogP contribution in [0, 0.1) is 0 Å². The van der Waals surface area contributed by atoms with Crippen LogP contribution in [0.15, 0.2) is 23.1 Å². The van der Waals surface area contributed by atoms with E-state index in [0.29, 0.717) is 19.6 Å². The monoisotopic (exact) mass is 430 g/mol. The van der Waals surface area contributed by atoms with Gasteiger partial charge in [-0.05, 0) is 31.0 Å². The Kier molecular flexibility index (Phi) is 7.90. The minimum absolute atomic E-state index is 0.0191. The first kappa shape index (κ1) is 23.1. The van der Waals surface area contributed by atoms with Crippen LogP contribution in [-0.2, 0) is 10.0 Å². The molecule has 0 spiro atoms. The van der Waals surface area contributed by atoms with Crippen molar-refractivity contribution < 1.29 is 18.1 Å². The molecule has 1 amide bonds. The molecule has 6 nitrogen and oxygen atoms in total. The summed E-state index contributed by atoms with van der Waals surface area (Å²) in [4.78, 5) is 14.3. The fourth-order valence-electron chi connectivity index (χ4n) is 3.98. The fourth-order valence-corrected chi connectivity index (χ4v) is 5.67. The number of nitrogens with zero attached hydrogens (tertiary/aromatic N) is 1. The number of sulfonamides is 1. The van der Waals surface area contributed by atoms with Gasteiger partial charge in [-0.15, -0.1) is 0 Å². The summed E-state index contributed by atoms with van der Waals surface area (Å²) in [6.07, 6.45) is 5.71. The van der Waals surface area contributed by atoms with E-state index in [1.54, 1.807) is 13.8 Å². The summed E-state index contributed by atoms with van der Waals surface area (Å²) in [7, 11) is 0.609. The third-order valence-corrected chi connectivity index (χ3v) is 8.36. The van der Waals surface area contributed by atoms with Crippen LogP contribution in [-0.4, -0.2) is 57.9 Å². The van der Waals surface area contributed by atoms with Crippen LogP contribution >= 0.6 is 11.6 Å². The Morgan fingerprint density at radius 2 is 1.79 bits per heavy atom. The minimum atomic E-state index is -3.64. The molecule has 28 heavy (non-hydrogen) atoms. The number of likely N-dealkylation sites (N-methyl/N-ethyl adjacent to an activating group) is 1. The highest BCUT2D eigenvalue weighted by Crippen LogP contribution is 2.26. The van der Waals surface area contributed by atoms with Gasteiger partial charge in [0.1, 0.15) is 5.54 Å². The highest BCUT2D eigenvalue weighted by molar-refractivity contribution is 7.89. The minimum Gasteiger partial charge on any atom is -0.346 e. The maximum Gasteiger partial charge on any atom is 0.253 e. The Bertz CT molecular complexity index is 786. The van der Waals surface area contributed by atoms with Crippen molar-refractivity contribution in [3.63, 3.8) is 0 Å². The summed E-state index contributed by atoms with van der Waals surface area (Å²) in [6, 6.07) is 4.33. The van der Waals surface area contributed by atoms with E-state index in [0.717, 1.165) is 12.8 Å². The molecule has 0 atom stereocenters. The van der Waals surface area contributed by atoms with Crippen molar-refractivity contribution in [3.8, 4) is 0 Å². The highest BCUT2D eigenvalue weighted by atomic mass is 35.5. The van der Waals surface area contributed by atoms with Crippen molar-refractivity contribution >= 4 is 27.5 Å². The average molecular weight is 431 g/mol. The first-order valence-electron chi connectivity index (χ1n) is 10.1. The second kappa shape index (κ2) is 9.57. The maximum absolute atomic E-state index is 12.8. The first-order valence-corrected chi connectivity index (χ1v) is 11.9. The first-order chi connectivity index (χ1) is 13.2. The van der Waals surface area contributed by atoms with Crippen LogP contribution < -0.4 is 10.2 Å². The van der Waals surface area contributed by atoms with Crippen molar-refractivity contribution in [2.75, 3.05) is 33.7 Å². The molecule has 2 rings (SSSR count). The summed E-state index contributed by atoms with van der Waals surface area (Å²) in [6.45, 7) is 4.88. The predicted molar refractivity (Wildman–Crippen MR) is 113 cm³/mol. The Morgan fingerprint density at radius 1 is 1.18 bits per heavy atom. The van der Waals surface area contributed by atoms with E-state index in [2.05, 4.69) is 19.4 Å². The number of quaternary nitrogens is 1. The summed E-state index contributed by atoms with van der Waals surface area (Å²) in [5.74, 6) is -0.326. The Balaban J connectivity index is 2.24. The van der Waals surface area contributed by atoms with Crippen LogP contribution in [0.2, 0.25) is 5.02 Å². The Labute approximate surface area is 174 Å². The quantitative estimate of drug-likeness (QED) is 0.662. The van der Waals surface area contributed by atoms with Gasteiger partial charge >= 0.3 is 0 Å². The molecule has 1 aliphatic carbocycles. The number of rotatable bonds is 8. The lowest BCUT2D eigenvalue weighted by atomic mass is 9.80. The SMILES string of the molecule is CCN(CC)S(=O)(=O)c1ccc(Cl)c(C(=O)NCC2([NH+](C)C)CCCCC2)c1. The molecule has 1 aliphatic rings. The van der Waals surface area contributed by atoms with Crippen LogP contribution in [0.1, 0.15) is 56.3 Å². The van der Waals surface area contributed by atoms with E-state index in [4.69, 9.17) is 11.6 Å². The smallest absolute Gasteiger partial charge is 0.253 e. The van der Waals surface area contributed by atoms with Gasteiger partial charge in [0.05, 0.1) is 36.1 Å². The Morgan fingerprint density at radius 3 is 2.32 bits per heavy atom. The van der Waals surface area contributed by atoms with E-state index in [9.17, 15) is 13.2 Å². The normalized spacial score (nSPS) is 17.1. The van der Waals surface area contributed by atoms with Gasteiger partial charge in [0, 0.05) is 25.9 Å². The number of benzene rings is 1. The second-order valence-corrected chi connectivity index (χ2v) is 10.1. The van der Waals surface area contributed by atoms with E-state index in [1.165, 1.54) is 46.7 Å². The van der Waals surface area contributed by atoms with Crippen LogP contribution in [0.5, 0.6) is 0 Å². The molecule has 2 N–H and O–H groups in total. The second-order valence-electron chi connectivity index (χ2n) is 7.75. The largest absolute Gasteiger partial charge is 0.346 e. The molecule has 0 radical (unpaired) electrons. The van der Waals surface area contributed by atoms with Gasteiger partial charge in [-0.25, -0.2) is 8.42 Å². The molecule has 0 aromatic heterocycles. The van der Waals surface area contributed by atoms with Gasteiger partial charge in [-0.2, -0.15) is 4.31 Å². The van der Waals surface area contributed by atoms with Gasteiger partial charge in [-0.1, -0.05) is 31.9 Å². The number of hydrogen-bond donors (Lipinski definition) is 2. The van der Waals surface area contributed by atoms with Crippen molar-refractivity contribution in [2.45, 2.75) is 56.4 Å². The molecule has 1 aromatic rings. The van der Waals surface area contributed by atoms with E-state index >= 15 is 0 Å². The van der Waals surface area contributed by atoms with Gasteiger partial charge in [-0.3, -0.25) is 4.79 Å². The van der Waals surface area contributed by atoms with E-state index in [1.807, 2.05) is 0 Å². The maximum atomic E-state index is 12.8. The lowest BCUT2D eigenvalue weighted by Gasteiger charge is -2.39. The van der Waals surface area contributed by atoms with Crippen LogP contribution in [0.3, 0.4) is 0 Å². The summed E-state index contributed by atoms with van der Waals surface area (Å²) >= 11 is 6.23. The number of amides is 1. The molecule has 0 bridgehead atoms. The molecule has 158 valence electrons. The zero-order chi connectivity index (χ0) is 20.9. The third-order valence-electron chi connectivity index (χ3n) is 5.98. The zero-order valence-corrected chi connectivity index (χ0v) is 18.9. The average Bonchev–Trinajstić information content (AvgIpc) is 2.67. The molecule has 8 heteroatoms. The van der Waals surface area contributed by atoms with Crippen molar-refractivity contribution in [1.82, 2.24) is 9.62 Å². The number of halogens is 1. The fraction of sp³-hybridized carbons (Fsp3) is 0.650. The topological polar surface area (TPSA) is 70.9 Å². The number of carbonyl (C=O) groups excluding carboxylic acids is 1. The standard InChI is InChI=1S/C20H32ClN3O3S/c1-5-24(6-2)28(26,27)16-10-11-18(21)17(14-16)19(25)22-15-20(23(3)4)12-8-7-9-13-20/h10-11,14H,5-9,12-13,15H2,1-4H3,(H,22,25)/p+1. The van der Waals surface area contributed by atoms with E-state index < -0.39 is 10.0 Å². The number of nitrogens with one attached hydrogen (secondary N) is 2. The molecule has 1 aromatic carbocycles. The summed E-state index contributed by atoms with van der Waals surface area (Å²) in [5.41, 5.74) is 0.222. The summed E-state index contributed by atoms with van der Waals surface area (Å²) in [5, 5.41) is 3.27. The Hall–Kier alpha value is -1.15. The van der Waals surface area contributed by atoms with Gasteiger partial charge in [0.15, 0.2) is 0 Å². The third kappa shape index (κ3) is 4.87. The van der Waals surface area contributed by atoms with Crippen molar-refractivity contribution in [3.05, 3.63) is 28.8 Å². The molecular weight excluding hydrogens is 398 g/mol. The number of hydrogen-bond acceptors (Lipinski definition) is 3. The molecule has 0 unspecified atom stereocenters. The van der Waals surface area contributed by atoms with E-state index in [-0.39, 0.29) is 26.9 Å². The van der Waals surface area contributed by atoms with Gasteiger partial charge in [0.2, 0.25) is 10.0 Å². The van der Waals surface area contributed by atoms with Crippen LogP contribution in [0.4, 0.5) is 0 Å². The van der Waals surface area contributed by atoms with Gasteiger partial charge in [0.25, 0.3) is 5.91 Å². The summed E-state index contributed by atoms with van der Waals surface area (Å²) < 4.78 is 26.9. The molecule has 1 saturated carbocycles. The van der Waals surface area contributed by atoms with Crippen molar-refractivity contribution in [1.29, 1.82) is 0 Å². The van der Waals surface area contributed by atoms with Gasteiger partial charge < -0.3 is 10.2 Å². The predicted octanol–water partition coefficient (Wildman–Crippen LogP) is 1.95. The molecule has 0 aliphatic heterocycles. The molecule has 0 heterocycles. The van der Waals surface area contributed by atoms with Crippen LogP contribution in [0.25, 0.3) is 0 Å². The van der Waals surface area contributed by atoms with Crippen molar-refractivity contribution in [2.24, 2.45) is 0 Å². The zero-order valence-electron chi connectivity index (χ0n) is 17.3.